The number of hydrogen-bond acceptors (Lipinski definition) is 2. The van der Waals surface area contributed by atoms with Crippen molar-refractivity contribution in [2.75, 3.05) is 6.54 Å². The van der Waals surface area contributed by atoms with Gasteiger partial charge in [0.2, 0.25) is 0 Å². The Hall–Kier alpha value is -0.0900. The summed E-state index contributed by atoms with van der Waals surface area (Å²) in [6.45, 7) is 3.22. The SMILES string of the molecule is CC1CCNC(C(O)c2ccc(Cl)c(Br)c2)C1. The van der Waals surface area contributed by atoms with Gasteiger partial charge in [-0.1, -0.05) is 24.6 Å². The summed E-state index contributed by atoms with van der Waals surface area (Å²) in [5.74, 6) is 0.673. The van der Waals surface area contributed by atoms with E-state index in [4.69, 9.17) is 11.6 Å². The third kappa shape index (κ3) is 3.22. The molecule has 1 aromatic rings. The molecular formula is C13H17BrClNO. The van der Waals surface area contributed by atoms with Gasteiger partial charge in [-0.3, -0.25) is 0 Å². The van der Waals surface area contributed by atoms with Gasteiger partial charge in [-0.05, 0) is 58.9 Å². The number of aliphatic hydroxyl groups excluding tert-OH is 1. The molecule has 4 heteroatoms. The molecule has 17 heavy (non-hydrogen) atoms. The van der Waals surface area contributed by atoms with Crippen molar-refractivity contribution in [3.05, 3.63) is 33.3 Å². The van der Waals surface area contributed by atoms with Crippen LogP contribution < -0.4 is 5.32 Å². The predicted molar refractivity (Wildman–Crippen MR) is 74.3 cm³/mol. The fourth-order valence-corrected chi connectivity index (χ4v) is 2.83. The minimum Gasteiger partial charge on any atom is -0.387 e. The van der Waals surface area contributed by atoms with Crippen LogP contribution in [0, 0.1) is 5.92 Å². The van der Waals surface area contributed by atoms with Crippen LogP contribution >= 0.6 is 27.5 Å². The minimum atomic E-state index is -0.466. The Kier molecular flexibility index (Phi) is 4.47. The van der Waals surface area contributed by atoms with Crippen LogP contribution in [0.5, 0.6) is 0 Å². The Morgan fingerprint density at radius 2 is 2.29 bits per heavy atom. The van der Waals surface area contributed by atoms with E-state index >= 15 is 0 Å². The number of halogens is 2. The van der Waals surface area contributed by atoms with Gasteiger partial charge in [0.25, 0.3) is 0 Å². The summed E-state index contributed by atoms with van der Waals surface area (Å²) in [7, 11) is 0. The van der Waals surface area contributed by atoms with E-state index in [0.29, 0.717) is 10.9 Å². The average molecular weight is 319 g/mol. The van der Waals surface area contributed by atoms with E-state index in [1.165, 1.54) is 6.42 Å². The van der Waals surface area contributed by atoms with Gasteiger partial charge < -0.3 is 10.4 Å². The summed E-state index contributed by atoms with van der Waals surface area (Å²) in [5.41, 5.74) is 0.910. The number of nitrogens with one attached hydrogen (secondary N) is 1. The van der Waals surface area contributed by atoms with Gasteiger partial charge in [0.05, 0.1) is 11.1 Å². The lowest BCUT2D eigenvalue weighted by Gasteiger charge is -2.32. The Balaban J connectivity index is 2.12. The molecular weight excluding hydrogens is 302 g/mol. The first kappa shape index (κ1) is 13.3. The van der Waals surface area contributed by atoms with Crippen molar-refractivity contribution in [3.63, 3.8) is 0 Å². The van der Waals surface area contributed by atoms with Crippen molar-refractivity contribution < 1.29 is 5.11 Å². The summed E-state index contributed by atoms with van der Waals surface area (Å²) >= 11 is 9.34. The Morgan fingerprint density at radius 1 is 1.53 bits per heavy atom. The van der Waals surface area contributed by atoms with Crippen molar-refractivity contribution in [2.45, 2.75) is 31.9 Å². The lowest BCUT2D eigenvalue weighted by molar-refractivity contribution is 0.101. The maximum Gasteiger partial charge on any atom is 0.0943 e. The second kappa shape index (κ2) is 5.70. The molecule has 1 fully saturated rings. The molecule has 0 bridgehead atoms. The van der Waals surface area contributed by atoms with E-state index in [1.807, 2.05) is 18.2 Å². The van der Waals surface area contributed by atoms with Crippen LogP contribution in [0.1, 0.15) is 31.4 Å². The molecule has 1 aliphatic heterocycles. The van der Waals surface area contributed by atoms with Crippen LogP contribution in [-0.4, -0.2) is 17.7 Å². The van der Waals surface area contributed by atoms with Crippen molar-refractivity contribution in [1.29, 1.82) is 0 Å². The highest BCUT2D eigenvalue weighted by Crippen LogP contribution is 2.30. The van der Waals surface area contributed by atoms with Gasteiger partial charge >= 0.3 is 0 Å². The second-order valence-electron chi connectivity index (χ2n) is 4.81. The maximum absolute atomic E-state index is 10.4. The molecule has 94 valence electrons. The number of hydrogen-bond donors (Lipinski definition) is 2. The lowest BCUT2D eigenvalue weighted by atomic mass is 9.89. The molecule has 0 radical (unpaired) electrons. The van der Waals surface area contributed by atoms with E-state index in [9.17, 15) is 5.11 Å². The monoisotopic (exact) mass is 317 g/mol. The molecule has 2 N–H and O–H groups in total. The van der Waals surface area contributed by atoms with Gasteiger partial charge in [0.15, 0.2) is 0 Å². The molecule has 3 unspecified atom stereocenters. The Labute approximate surface area is 115 Å². The number of benzene rings is 1. The Bertz CT molecular complexity index is 399. The summed E-state index contributed by atoms with van der Waals surface area (Å²) in [5, 5.41) is 14.4. The highest BCUT2D eigenvalue weighted by molar-refractivity contribution is 9.10. The average Bonchev–Trinajstić information content (AvgIpc) is 2.32. The molecule has 0 aromatic heterocycles. The van der Waals surface area contributed by atoms with Gasteiger partial charge in [-0.15, -0.1) is 0 Å². The summed E-state index contributed by atoms with van der Waals surface area (Å²) in [4.78, 5) is 0. The predicted octanol–water partition coefficient (Wildman–Crippen LogP) is 3.52. The summed E-state index contributed by atoms with van der Waals surface area (Å²) < 4.78 is 0.833. The van der Waals surface area contributed by atoms with Crippen LogP contribution in [0.25, 0.3) is 0 Å². The molecule has 0 aliphatic carbocycles. The van der Waals surface area contributed by atoms with Crippen molar-refractivity contribution in [3.8, 4) is 0 Å². The number of rotatable bonds is 2. The fourth-order valence-electron chi connectivity index (χ4n) is 2.32. The molecule has 0 saturated carbocycles. The van der Waals surface area contributed by atoms with Crippen molar-refractivity contribution in [1.82, 2.24) is 5.32 Å². The standard InChI is InChI=1S/C13H17BrClNO/c1-8-4-5-16-12(6-8)13(17)9-2-3-11(15)10(14)7-9/h2-3,7-8,12-13,16-17H,4-6H2,1H3. The van der Waals surface area contributed by atoms with E-state index in [2.05, 4.69) is 28.2 Å². The zero-order valence-electron chi connectivity index (χ0n) is 9.79. The first-order valence-electron chi connectivity index (χ1n) is 5.94. The smallest absolute Gasteiger partial charge is 0.0943 e. The molecule has 1 heterocycles. The topological polar surface area (TPSA) is 32.3 Å². The number of piperidine rings is 1. The lowest BCUT2D eigenvalue weighted by Crippen LogP contribution is -2.41. The largest absolute Gasteiger partial charge is 0.387 e. The van der Waals surface area contributed by atoms with Gasteiger partial charge in [-0.2, -0.15) is 0 Å². The molecule has 0 spiro atoms. The zero-order chi connectivity index (χ0) is 12.4. The van der Waals surface area contributed by atoms with Crippen LogP contribution in [0.2, 0.25) is 5.02 Å². The van der Waals surface area contributed by atoms with Crippen LogP contribution in [0.15, 0.2) is 22.7 Å². The molecule has 1 aromatic carbocycles. The van der Waals surface area contributed by atoms with E-state index < -0.39 is 6.10 Å². The van der Waals surface area contributed by atoms with Crippen molar-refractivity contribution >= 4 is 27.5 Å². The summed E-state index contributed by atoms with van der Waals surface area (Å²) in [6.07, 6.45) is 1.74. The first-order valence-corrected chi connectivity index (χ1v) is 7.11. The van der Waals surface area contributed by atoms with Crippen molar-refractivity contribution in [2.24, 2.45) is 5.92 Å². The molecule has 2 nitrogen and oxygen atoms in total. The van der Waals surface area contributed by atoms with Gasteiger partial charge in [0.1, 0.15) is 0 Å². The number of aliphatic hydroxyl groups is 1. The quantitative estimate of drug-likeness (QED) is 0.874. The fraction of sp³-hybridized carbons (Fsp3) is 0.538. The van der Waals surface area contributed by atoms with Crippen LogP contribution in [0.4, 0.5) is 0 Å². The van der Waals surface area contributed by atoms with E-state index in [1.54, 1.807) is 0 Å². The highest BCUT2D eigenvalue weighted by atomic mass is 79.9. The molecule has 2 rings (SSSR count). The molecule has 1 aliphatic rings. The molecule has 1 saturated heterocycles. The third-order valence-electron chi connectivity index (χ3n) is 3.37. The normalized spacial score (nSPS) is 26.8. The van der Waals surface area contributed by atoms with Crippen LogP contribution in [-0.2, 0) is 0 Å². The van der Waals surface area contributed by atoms with E-state index in [0.717, 1.165) is 23.0 Å². The summed E-state index contributed by atoms with van der Waals surface area (Å²) in [6, 6.07) is 5.75. The maximum atomic E-state index is 10.4. The van der Waals surface area contributed by atoms with Gasteiger partial charge in [-0.25, -0.2) is 0 Å². The second-order valence-corrected chi connectivity index (χ2v) is 6.07. The third-order valence-corrected chi connectivity index (χ3v) is 4.58. The minimum absolute atomic E-state index is 0.145. The molecule has 0 amide bonds. The Morgan fingerprint density at radius 3 is 2.94 bits per heavy atom. The van der Waals surface area contributed by atoms with Gasteiger partial charge in [0, 0.05) is 10.5 Å². The first-order chi connectivity index (χ1) is 8.08. The molecule has 3 atom stereocenters. The van der Waals surface area contributed by atoms with E-state index in [-0.39, 0.29) is 6.04 Å². The highest BCUT2D eigenvalue weighted by Gasteiger charge is 2.26. The zero-order valence-corrected chi connectivity index (χ0v) is 12.1. The van der Waals surface area contributed by atoms with Crippen LogP contribution in [0.3, 0.4) is 0 Å².